The molecule has 0 aromatic rings. The third kappa shape index (κ3) is 3.75. The number of carbonyl (C=O) groups is 1. The van der Waals surface area contributed by atoms with Crippen molar-refractivity contribution in [1.82, 2.24) is 10.6 Å². The van der Waals surface area contributed by atoms with Crippen LogP contribution in [0.15, 0.2) is 0 Å². The van der Waals surface area contributed by atoms with Crippen LogP contribution in [-0.4, -0.2) is 25.0 Å². The first-order valence-corrected chi connectivity index (χ1v) is 8.49. The lowest BCUT2D eigenvalue weighted by molar-refractivity contribution is -0.133. The van der Waals surface area contributed by atoms with Crippen LogP contribution in [-0.2, 0) is 4.79 Å². The van der Waals surface area contributed by atoms with Gasteiger partial charge in [0.2, 0.25) is 5.91 Å². The molecular formula is C17H32N2O. The van der Waals surface area contributed by atoms with Crippen LogP contribution in [0.4, 0.5) is 0 Å². The summed E-state index contributed by atoms with van der Waals surface area (Å²) in [7, 11) is 0. The number of hydrogen-bond donors (Lipinski definition) is 2. The first-order valence-electron chi connectivity index (χ1n) is 8.49. The van der Waals surface area contributed by atoms with E-state index in [0.717, 1.165) is 51.6 Å². The summed E-state index contributed by atoms with van der Waals surface area (Å²) in [5.41, 5.74) is 0.244. The van der Waals surface area contributed by atoms with E-state index in [0.29, 0.717) is 17.4 Å². The second-order valence-electron chi connectivity index (χ2n) is 7.74. The highest BCUT2D eigenvalue weighted by Gasteiger charge is 2.40. The van der Waals surface area contributed by atoms with Crippen molar-refractivity contribution in [3.05, 3.63) is 0 Å². The summed E-state index contributed by atoms with van der Waals surface area (Å²) in [4.78, 5) is 12.8. The molecule has 0 aromatic carbocycles. The van der Waals surface area contributed by atoms with Crippen LogP contribution in [0.5, 0.6) is 0 Å². The Hall–Kier alpha value is -0.570. The zero-order valence-electron chi connectivity index (χ0n) is 13.6. The summed E-state index contributed by atoms with van der Waals surface area (Å²) < 4.78 is 0. The first kappa shape index (κ1) is 15.8. The maximum atomic E-state index is 12.8. The van der Waals surface area contributed by atoms with Crippen molar-refractivity contribution in [2.24, 2.45) is 10.8 Å². The average molecular weight is 280 g/mol. The molecule has 20 heavy (non-hydrogen) atoms. The highest BCUT2D eigenvalue weighted by molar-refractivity contribution is 5.83. The standard InChI is InChI=1S/C17H32N2O/c1-4-8-17(10-6-11-18-13-17)15(20)19-14-7-5-9-16(2,3)12-14/h14,18H,4-13H2,1-3H3,(H,19,20). The number of hydrogen-bond acceptors (Lipinski definition) is 2. The van der Waals surface area contributed by atoms with E-state index in [1.165, 1.54) is 12.8 Å². The third-order valence-electron chi connectivity index (χ3n) is 5.22. The molecule has 1 amide bonds. The summed E-state index contributed by atoms with van der Waals surface area (Å²) in [6.07, 6.45) is 9.11. The molecule has 0 spiro atoms. The highest BCUT2D eigenvalue weighted by Crippen LogP contribution is 2.37. The molecule has 3 heteroatoms. The van der Waals surface area contributed by atoms with Crippen LogP contribution in [0.2, 0.25) is 0 Å². The van der Waals surface area contributed by atoms with Gasteiger partial charge < -0.3 is 10.6 Å². The molecular weight excluding hydrogens is 248 g/mol. The summed E-state index contributed by atoms with van der Waals surface area (Å²) in [5.74, 6) is 0.314. The van der Waals surface area contributed by atoms with Gasteiger partial charge in [-0.3, -0.25) is 4.79 Å². The molecule has 116 valence electrons. The van der Waals surface area contributed by atoms with Gasteiger partial charge in [0.15, 0.2) is 0 Å². The monoisotopic (exact) mass is 280 g/mol. The quantitative estimate of drug-likeness (QED) is 0.830. The van der Waals surface area contributed by atoms with Gasteiger partial charge in [-0.1, -0.05) is 33.6 Å². The molecule has 2 atom stereocenters. The Balaban J connectivity index is 1.97. The molecule has 2 N–H and O–H groups in total. The molecule has 0 bridgehead atoms. The minimum absolute atomic E-state index is 0.144. The highest BCUT2D eigenvalue weighted by atomic mass is 16.2. The van der Waals surface area contributed by atoms with Crippen molar-refractivity contribution in [1.29, 1.82) is 0 Å². The summed E-state index contributed by atoms with van der Waals surface area (Å²) in [5, 5.41) is 6.82. The fraction of sp³-hybridized carbons (Fsp3) is 0.941. The molecule has 1 aliphatic heterocycles. The predicted molar refractivity (Wildman–Crippen MR) is 83.6 cm³/mol. The first-order chi connectivity index (χ1) is 9.47. The van der Waals surface area contributed by atoms with Gasteiger partial charge in [0.25, 0.3) is 0 Å². The Kier molecular flexibility index (Phi) is 5.11. The smallest absolute Gasteiger partial charge is 0.227 e. The van der Waals surface area contributed by atoms with Crippen molar-refractivity contribution in [2.45, 2.75) is 78.2 Å². The minimum Gasteiger partial charge on any atom is -0.353 e. The van der Waals surface area contributed by atoms with Gasteiger partial charge in [0.05, 0.1) is 5.41 Å². The van der Waals surface area contributed by atoms with Gasteiger partial charge in [-0.15, -0.1) is 0 Å². The van der Waals surface area contributed by atoms with Crippen LogP contribution >= 0.6 is 0 Å². The predicted octanol–water partition coefficient (Wildman–Crippen LogP) is 3.24. The van der Waals surface area contributed by atoms with E-state index in [1.807, 2.05) is 0 Å². The van der Waals surface area contributed by atoms with Gasteiger partial charge in [-0.05, 0) is 50.5 Å². The summed E-state index contributed by atoms with van der Waals surface area (Å²) in [6.45, 7) is 8.77. The number of carbonyl (C=O) groups excluding carboxylic acids is 1. The van der Waals surface area contributed by atoms with E-state index < -0.39 is 0 Å². The maximum Gasteiger partial charge on any atom is 0.227 e. The Bertz CT molecular complexity index is 326. The number of piperidine rings is 1. The normalized spacial score (nSPS) is 33.6. The van der Waals surface area contributed by atoms with Crippen LogP contribution in [0, 0.1) is 10.8 Å². The zero-order valence-corrected chi connectivity index (χ0v) is 13.6. The average Bonchev–Trinajstić information content (AvgIpc) is 2.39. The van der Waals surface area contributed by atoms with E-state index in [4.69, 9.17) is 0 Å². The molecule has 1 saturated heterocycles. The van der Waals surface area contributed by atoms with Crippen molar-refractivity contribution in [3.8, 4) is 0 Å². The van der Waals surface area contributed by atoms with Crippen LogP contribution in [0.3, 0.4) is 0 Å². The molecule has 0 radical (unpaired) electrons. The van der Waals surface area contributed by atoms with Crippen LogP contribution in [0.25, 0.3) is 0 Å². The molecule has 1 heterocycles. The third-order valence-corrected chi connectivity index (χ3v) is 5.22. The Morgan fingerprint density at radius 3 is 2.70 bits per heavy atom. The maximum absolute atomic E-state index is 12.8. The second kappa shape index (κ2) is 6.46. The molecule has 3 nitrogen and oxygen atoms in total. The van der Waals surface area contributed by atoms with Crippen molar-refractivity contribution in [2.75, 3.05) is 13.1 Å². The van der Waals surface area contributed by atoms with Crippen LogP contribution in [0.1, 0.15) is 72.1 Å². The Labute approximate surface area is 124 Å². The van der Waals surface area contributed by atoms with Crippen molar-refractivity contribution >= 4 is 5.91 Å². The lowest BCUT2D eigenvalue weighted by atomic mass is 9.73. The molecule has 2 rings (SSSR count). The van der Waals surface area contributed by atoms with Gasteiger partial charge >= 0.3 is 0 Å². The van der Waals surface area contributed by atoms with E-state index in [9.17, 15) is 4.79 Å². The topological polar surface area (TPSA) is 41.1 Å². The molecule has 1 aliphatic carbocycles. The van der Waals surface area contributed by atoms with E-state index in [-0.39, 0.29) is 5.41 Å². The van der Waals surface area contributed by atoms with E-state index >= 15 is 0 Å². The Morgan fingerprint density at radius 1 is 1.30 bits per heavy atom. The van der Waals surface area contributed by atoms with Crippen molar-refractivity contribution < 1.29 is 4.79 Å². The molecule has 1 saturated carbocycles. The second-order valence-corrected chi connectivity index (χ2v) is 7.74. The fourth-order valence-electron chi connectivity index (χ4n) is 4.13. The zero-order chi connectivity index (χ0) is 14.6. The lowest BCUT2D eigenvalue weighted by Gasteiger charge is -2.40. The fourth-order valence-corrected chi connectivity index (χ4v) is 4.13. The molecule has 2 fully saturated rings. The van der Waals surface area contributed by atoms with Gasteiger partial charge in [-0.2, -0.15) is 0 Å². The van der Waals surface area contributed by atoms with Crippen LogP contribution < -0.4 is 10.6 Å². The number of amides is 1. The van der Waals surface area contributed by atoms with Gasteiger partial charge in [0.1, 0.15) is 0 Å². The molecule has 2 aliphatic rings. The van der Waals surface area contributed by atoms with Gasteiger partial charge in [0, 0.05) is 12.6 Å². The largest absolute Gasteiger partial charge is 0.353 e. The molecule has 2 unspecified atom stereocenters. The SMILES string of the molecule is CCCC1(C(=O)NC2CCCC(C)(C)C2)CCCNC1. The lowest BCUT2D eigenvalue weighted by Crippen LogP contribution is -2.53. The van der Waals surface area contributed by atoms with E-state index in [2.05, 4.69) is 31.4 Å². The number of nitrogens with one attached hydrogen (secondary N) is 2. The summed E-state index contributed by atoms with van der Waals surface area (Å²) in [6, 6.07) is 0.391. The Morgan fingerprint density at radius 2 is 2.10 bits per heavy atom. The van der Waals surface area contributed by atoms with Gasteiger partial charge in [-0.25, -0.2) is 0 Å². The minimum atomic E-state index is -0.144. The molecule has 0 aromatic heterocycles. The summed E-state index contributed by atoms with van der Waals surface area (Å²) >= 11 is 0. The number of rotatable bonds is 4. The van der Waals surface area contributed by atoms with Crippen molar-refractivity contribution in [3.63, 3.8) is 0 Å². The van der Waals surface area contributed by atoms with E-state index in [1.54, 1.807) is 0 Å².